The SMILES string of the molecule is CC#CC#CC#CC#CC#CC#CC#CC#CC#CC.O=C(c1ccccc1)c1ccc(C#Cc2ccc(CSc3ccccc3)cc2)cc1. The topological polar surface area (TPSA) is 17.1 Å². The molecule has 0 amide bonds. The second-order valence-corrected chi connectivity index (χ2v) is 10.4. The largest absolute Gasteiger partial charge is 0.289 e. The molecule has 0 aliphatic heterocycles. The maximum atomic E-state index is 12.5. The molecule has 0 unspecified atom stereocenters. The molecular weight excluding hydrogens is 625 g/mol. The van der Waals surface area contributed by atoms with E-state index in [9.17, 15) is 4.79 Å². The Balaban J connectivity index is 0.000000297. The van der Waals surface area contributed by atoms with E-state index in [-0.39, 0.29) is 5.78 Å². The predicted molar refractivity (Wildman–Crippen MR) is 206 cm³/mol. The molecule has 2 heteroatoms. The minimum absolute atomic E-state index is 0.0269. The molecule has 0 saturated heterocycles. The van der Waals surface area contributed by atoms with E-state index in [1.54, 1.807) is 13.8 Å². The van der Waals surface area contributed by atoms with E-state index in [0.717, 1.165) is 16.9 Å². The van der Waals surface area contributed by atoms with E-state index in [0.29, 0.717) is 11.1 Å². The van der Waals surface area contributed by atoms with Crippen LogP contribution < -0.4 is 0 Å². The molecule has 0 spiro atoms. The van der Waals surface area contributed by atoms with Crippen LogP contribution in [0.15, 0.2) is 114 Å². The molecular formula is C48H26OS. The first-order valence-electron chi connectivity index (χ1n) is 15.0. The second kappa shape index (κ2) is 23.8. The number of carbonyl (C=O) groups excluding carboxylic acids is 1. The summed E-state index contributed by atoms with van der Waals surface area (Å²) < 4.78 is 0. The third-order valence-corrected chi connectivity index (χ3v) is 6.91. The highest BCUT2D eigenvalue weighted by Gasteiger charge is 2.07. The highest BCUT2D eigenvalue weighted by Crippen LogP contribution is 2.22. The lowest BCUT2D eigenvalue weighted by atomic mass is 10.0. The summed E-state index contributed by atoms with van der Waals surface area (Å²) in [6, 6.07) is 35.6. The smallest absolute Gasteiger partial charge is 0.193 e. The monoisotopic (exact) mass is 650 g/mol. The van der Waals surface area contributed by atoms with Gasteiger partial charge in [0, 0.05) is 32.9 Å². The normalized spacial score (nSPS) is 7.64. The number of benzene rings is 4. The number of ketones is 1. The van der Waals surface area contributed by atoms with Crippen molar-refractivity contribution in [3.63, 3.8) is 0 Å². The van der Waals surface area contributed by atoms with E-state index >= 15 is 0 Å². The molecule has 0 saturated carbocycles. The number of hydrogen-bond acceptors (Lipinski definition) is 2. The van der Waals surface area contributed by atoms with Gasteiger partial charge in [-0.3, -0.25) is 4.79 Å². The van der Waals surface area contributed by atoms with Gasteiger partial charge in [0.15, 0.2) is 5.78 Å². The van der Waals surface area contributed by atoms with Crippen LogP contribution in [0.5, 0.6) is 0 Å². The van der Waals surface area contributed by atoms with Crippen LogP contribution in [0.25, 0.3) is 0 Å². The molecule has 4 aromatic carbocycles. The highest BCUT2D eigenvalue weighted by molar-refractivity contribution is 7.98. The zero-order valence-electron chi connectivity index (χ0n) is 27.4. The van der Waals surface area contributed by atoms with Crippen molar-refractivity contribution in [2.45, 2.75) is 24.5 Å². The molecule has 0 aliphatic carbocycles. The van der Waals surface area contributed by atoms with Crippen LogP contribution in [0.3, 0.4) is 0 Å². The maximum absolute atomic E-state index is 12.5. The minimum atomic E-state index is 0.0269. The van der Waals surface area contributed by atoms with Crippen molar-refractivity contribution in [3.05, 3.63) is 137 Å². The standard InChI is InChI=1S/C28H20OS.C20H6/c29-28(25-7-3-1-4-8-25)26-19-17-23(18-20-26)12-11-22-13-15-24(16-14-22)21-30-27-9-5-2-6-10-27;1-3-5-7-9-11-13-15-17-19-20-18-16-14-12-10-8-6-4-2/h1-10,13-20H,21H2;1-2H3. The molecule has 0 aromatic heterocycles. The van der Waals surface area contributed by atoms with Crippen LogP contribution >= 0.6 is 11.8 Å². The Morgan fingerprint density at radius 1 is 0.440 bits per heavy atom. The summed E-state index contributed by atoms with van der Waals surface area (Å²) in [5, 5.41) is 0. The molecule has 0 N–H and O–H groups in total. The molecule has 0 heterocycles. The van der Waals surface area contributed by atoms with Crippen molar-refractivity contribution in [2.24, 2.45) is 0 Å². The Bertz CT molecular complexity index is 2340. The number of hydrogen-bond donors (Lipinski definition) is 0. The molecule has 0 atom stereocenters. The molecule has 4 aromatic rings. The van der Waals surface area contributed by atoms with E-state index in [2.05, 4.69) is 167 Å². The second-order valence-electron chi connectivity index (χ2n) is 9.32. The van der Waals surface area contributed by atoms with Gasteiger partial charge in [-0.25, -0.2) is 0 Å². The van der Waals surface area contributed by atoms with Gasteiger partial charge in [-0.15, -0.1) is 11.8 Å². The van der Waals surface area contributed by atoms with Crippen molar-refractivity contribution < 1.29 is 4.79 Å². The van der Waals surface area contributed by atoms with Crippen molar-refractivity contribution in [1.29, 1.82) is 0 Å². The molecule has 50 heavy (non-hydrogen) atoms. The van der Waals surface area contributed by atoms with Gasteiger partial charge in [0.2, 0.25) is 0 Å². The predicted octanol–water partition coefficient (Wildman–Crippen LogP) is 7.67. The molecule has 4 rings (SSSR count). The van der Waals surface area contributed by atoms with Crippen LogP contribution in [0, 0.1) is 118 Å². The first-order valence-corrected chi connectivity index (χ1v) is 16.0. The van der Waals surface area contributed by atoms with Crippen LogP contribution in [0.4, 0.5) is 0 Å². The van der Waals surface area contributed by atoms with Gasteiger partial charge in [0.25, 0.3) is 0 Å². The Kier molecular flexibility index (Phi) is 17.6. The zero-order valence-corrected chi connectivity index (χ0v) is 28.2. The summed E-state index contributed by atoms with van der Waals surface area (Å²) in [4.78, 5) is 13.7. The first kappa shape index (κ1) is 37.0. The van der Waals surface area contributed by atoms with Gasteiger partial charge in [0.1, 0.15) is 0 Å². The Hall–Kier alpha value is -7.50. The Morgan fingerprint density at radius 3 is 1.22 bits per heavy atom. The average molecular weight is 651 g/mol. The quantitative estimate of drug-likeness (QED) is 0.125. The molecule has 0 bridgehead atoms. The maximum Gasteiger partial charge on any atom is 0.193 e. The minimum Gasteiger partial charge on any atom is -0.289 e. The van der Waals surface area contributed by atoms with E-state index in [1.165, 1.54) is 10.5 Å². The lowest BCUT2D eigenvalue weighted by Crippen LogP contribution is -2.00. The Morgan fingerprint density at radius 2 is 0.800 bits per heavy atom. The van der Waals surface area contributed by atoms with Crippen LogP contribution in [-0.2, 0) is 5.75 Å². The fourth-order valence-electron chi connectivity index (χ4n) is 3.54. The number of thioether (sulfide) groups is 1. The Labute approximate surface area is 301 Å². The van der Waals surface area contributed by atoms with Gasteiger partial charge in [-0.2, -0.15) is 0 Å². The highest BCUT2D eigenvalue weighted by atomic mass is 32.2. The van der Waals surface area contributed by atoms with Crippen LogP contribution in [0.2, 0.25) is 0 Å². The molecule has 230 valence electrons. The summed E-state index contributed by atoms with van der Waals surface area (Å²) in [5.41, 5.74) is 4.52. The lowest BCUT2D eigenvalue weighted by molar-refractivity contribution is 0.103. The van der Waals surface area contributed by atoms with Gasteiger partial charge in [0.05, 0.1) is 0 Å². The fourth-order valence-corrected chi connectivity index (χ4v) is 4.41. The van der Waals surface area contributed by atoms with E-state index in [4.69, 9.17) is 0 Å². The van der Waals surface area contributed by atoms with Crippen molar-refractivity contribution in [2.75, 3.05) is 0 Å². The average Bonchev–Trinajstić information content (AvgIpc) is 3.17. The van der Waals surface area contributed by atoms with Gasteiger partial charge in [-0.1, -0.05) is 84.3 Å². The summed E-state index contributed by atoms with van der Waals surface area (Å²) in [5.74, 6) is 52.9. The van der Waals surface area contributed by atoms with Gasteiger partial charge < -0.3 is 0 Å². The molecule has 0 radical (unpaired) electrons. The first-order chi connectivity index (χ1) is 24.7. The van der Waals surface area contributed by atoms with Gasteiger partial charge >= 0.3 is 0 Å². The van der Waals surface area contributed by atoms with Crippen LogP contribution in [-0.4, -0.2) is 5.78 Å². The molecule has 1 nitrogen and oxygen atoms in total. The fraction of sp³-hybridized carbons (Fsp3) is 0.0625. The van der Waals surface area contributed by atoms with Crippen molar-refractivity contribution in [3.8, 4) is 118 Å². The summed E-state index contributed by atoms with van der Waals surface area (Å²) in [6.45, 7) is 3.41. The van der Waals surface area contributed by atoms with Crippen molar-refractivity contribution >= 4 is 17.5 Å². The zero-order chi connectivity index (χ0) is 35.3. The third-order valence-electron chi connectivity index (χ3n) is 5.82. The van der Waals surface area contributed by atoms with Crippen LogP contribution in [0.1, 0.15) is 46.5 Å². The summed E-state index contributed by atoms with van der Waals surface area (Å²) >= 11 is 1.83. The third kappa shape index (κ3) is 15.7. The summed E-state index contributed by atoms with van der Waals surface area (Å²) in [6.07, 6.45) is 0. The summed E-state index contributed by atoms with van der Waals surface area (Å²) in [7, 11) is 0. The number of carbonyl (C=O) groups is 1. The number of rotatable bonds is 5. The van der Waals surface area contributed by atoms with Crippen molar-refractivity contribution in [1.82, 2.24) is 0 Å². The van der Waals surface area contributed by atoms with E-state index < -0.39 is 0 Å². The lowest BCUT2D eigenvalue weighted by Gasteiger charge is -2.02. The van der Waals surface area contributed by atoms with E-state index in [1.807, 2.05) is 72.4 Å². The molecule has 0 aliphatic rings. The van der Waals surface area contributed by atoms with Gasteiger partial charge in [-0.05, 0) is 163 Å². The molecule has 0 fully saturated rings.